The number of carbonyl (C=O) groups is 1. The largest absolute Gasteiger partial charge is 0.483 e. The number of ether oxygens (including phenoxy) is 1. The molecule has 0 heterocycles. The number of rotatable bonds is 8. The Bertz CT molecular complexity index is 727. The van der Waals surface area contributed by atoms with Crippen molar-refractivity contribution in [1.82, 2.24) is 5.32 Å². The molecular formula is C22H25NO2. The zero-order valence-electron chi connectivity index (χ0n) is 14.9. The predicted octanol–water partition coefficient (Wildman–Crippen LogP) is 3.96. The van der Waals surface area contributed by atoms with Crippen LogP contribution < -0.4 is 10.1 Å². The number of hydrogen-bond donors (Lipinski definition) is 1. The van der Waals surface area contributed by atoms with Crippen molar-refractivity contribution in [3.63, 3.8) is 0 Å². The molecule has 25 heavy (non-hydrogen) atoms. The van der Waals surface area contributed by atoms with E-state index in [0.717, 1.165) is 17.7 Å². The average molecular weight is 335 g/mol. The monoisotopic (exact) mass is 335 g/mol. The summed E-state index contributed by atoms with van der Waals surface area (Å²) in [6, 6.07) is 18.0. The Morgan fingerprint density at radius 2 is 1.72 bits per heavy atom. The number of para-hydroxylation sites is 1. The highest BCUT2D eigenvalue weighted by Gasteiger charge is 2.25. The molecule has 3 nitrogen and oxygen atoms in total. The molecule has 0 atom stereocenters. The molecule has 130 valence electrons. The van der Waals surface area contributed by atoms with E-state index >= 15 is 0 Å². The van der Waals surface area contributed by atoms with Crippen LogP contribution in [0.25, 0.3) is 0 Å². The summed E-state index contributed by atoms with van der Waals surface area (Å²) in [4.78, 5) is 12.2. The molecule has 0 bridgehead atoms. The fourth-order valence-corrected chi connectivity index (χ4v) is 2.72. The van der Waals surface area contributed by atoms with E-state index in [1.807, 2.05) is 56.3 Å². The van der Waals surface area contributed by atoms with Crippen molar-refractivity contribution in [2.24, 2.45) is 0 Å². The first-order chi connectivity index (χ1) is 12.1. The van der Waals surface area contributed by atoms with Crippen LogP contribution in [0.15, 0.2) is 54.6 Å². The van der Waals surface area contributed by atoms with Gasteiger partial charge in [-0.3, -0.25) is 4.79 Å². The van der Waals surface area contributed by atoms with Crippen molar-refractivity contribution in [3.05, 3.63) is 65.7 Å². The summed E-state index contributed by atoms with van der Waals surface area (Å²) in [5.41, 5.74) is 1.66. The summed E-state index contributed by atoms with van der Waals surface area (Å²) in [5.74, 6) is 3.23. The first-order valence-corrected chi connectivity index (χ1v) is 8.66. The van der Waals surface area contributed by atoms with Crippen LogP contribution in [0.1, 0.15) is 37.8 Å². The van der Waals surface area contributed by atoms with Crippen LogP contribution in [0, 0.1) is 12.3 Å². The Morgan fingerprint density at radius 1 is 1.08 bits per heavy atom. The molecule has 0 fully saturated rings. The van der Waals surface area contributed by atoms with E-state index < -0.39 is 5.54 Å². The maximum Gasteiger partial charge on any atom is 0.259 e. The van der Waals surface area contributed by atoms with Crippen LogP contribution in [0.4, 0.5) is 0 Å². The lowest BCUT2D eigenvalue weighted by Gasteiger charge is -2.27. The van der Waals surface area contributed by atoms with Crippen molar-refractivity contribution in [2.75, 3.05) is 6.61 Å². The third-order valence-electron chi connectivity index (χ3n) is 4.43. The van der Waals surface area contributed by atoms with Crippen molar-refractivity contribution in [1.29, 1.82) is 0 Å². The Balaban J connectivity index is 2.01. The lowest BCUT2D eigenvalue weighted by atomic mass is 9.94. The summed E-state index contributed by atoms with van der Waals surface area (Å²) < 4.78 is 5.77. The molecule has 0 aliphatic rings. The van der Waals surface area contributed by atoms with Crippen LogP contribution in [-0.2, 0) is 11.2 Å². The third-order valence-corrected chi connectivity index (χ3v) is 4.43. The maximum absolute atomic E-state index is 12.2. The molecule has 3 heteroatoms. The molecular weight excluding hydrogens is 310 g/mol. The number of carbonyl (C=O) groups excluding carboxylic acids is 1. The first kappa shape index (κ1) is 18.6. The Morgan fingerprint density at radius 3 is 2.36 bits per heavy atom. The van der Waals surface area contributed by atoms with Crippen LogP contribution in [0.2, 0.25) is 0 Å². The zero-order valence-corrected chi connectivity index (χ0v) is 14.9. The Hall–Kier alpha value is -2.73. The zero-order chi connectivity index (χ0) is 18.1. The highest BCUT2D eigenvalue weighted by Crippen LogP contribution is 2.21. The second-order valence-corrected chi connectivity index (χ2v) is 6.04. The van der Waals surface area contributed by atoms with Crippen LogP contribution in [0.3, 0.4) is 0 Å². The van der Waals surface area contributed by atoms with Gasteiger partial charge in [-0.25, -0.2) is 0 Å². The van der Waals surface area contributed by atoms with Crippen molar-refractivity contribution >= 4 is 5.91 Å². The quantitative estimate of drug-likeness (QED) is 0.742. The molecule has 0 saturated carbocycles. The van der Waals surface area contributed by atoms with Gasteiger partial charge in [-0.05, 0) is 30.0 Å². The molecule has 0 radical (unpaired) electrons. The van der Waals surface area contributed by atoms with Gasteiger partial charge < -0.3 is 10.1 Å². The SMILES string of the molecule is C#CC(CC)(CC)NC(=O)COc1ccccc1Cc1ccccc1. The molecule has 0 unspecified atom stereocenters. The van der Waals surface area contributed by atoms with Crippen molar-refractivity contribution in [3.8, 4) is 18.1 Å². The highest BCUT2D eigenvalue weighted by molar-refractivity contribution is 5.79. The minimum Gasteiger partial charge on any atom is -0.483 e. The van der Waals surface area contributed by atoms with E-state index in [4.69, 9.17) is 11.2 Å². The Labute approximate surface area is 150 Å². The lowest BCUT2D eigenvalue weighted by Crippen LogP contribution is -2.48. The highest BCUT2D eigenvalue weighted by atomic mass is 16.5. The standard InChI is InChI=1S/C22H25NO2/c1-4-22(5-2,6-3)23-21(24)17-25-20-15-11-10-14-19(20)16-18-12-8-7-9-13-18/h1,7-15H,5-6,16-17H2,2-3H3,(H,23,24). The number of benzene rings is 2. The summed E-state index contributed by atoms with van der Waals surface area (Å²) in [5, 5.41) is 2.92. The van der Waals surface area contributed by atoms with Gasteiger partial charge in [0.25, 0.3) is 5.91 Å². The van der Waals surface area contributed by atoms with Gasteiger partial charge in [0.2, 0.25) is 0 Å². The topological polar surface area (TPSA) is 38.3 Å². The van der Waals surface area contributed by atoms with Crippen LogP contribution >= 0.6 is 0 Å². The molecule has 0 aliphatic heterocycles. The first-order valence-electron chi connectivity index (χ1n) is 8.66. The van der Waals surface area contributed by atoms with Gasteiger partial charge in [0.15, 0.2) is 6.61 Å². The van der Waals surface area contributed by atoms with Gasteiger partial charge in [-0.2, -0.15) is 0 Å². The van der Waals surface area contributed by atoms with Gasteiger partial charge in [-0.15, -0.1) is 6.42 Å². The number of amides is 1. The molecule has 0 aromatic heterocycles. The van der Waals surface area contributed by atoms with E-state index in [0.29, 0.717) is 12.8 Å². The van der Waals surface area contributed by atoms with E-state index in [9.17, 15) is 4.79 Å². The number of hydrogen-bond acceptors (Lipinski definition) is 2. The van der Waals surface area contributed by atoms with Gasteiger partial charge in [0.05, 0.1) is 0 Å². The minimum absolute atomic E-state index is 0.0464. The van der Waals surface area contributed by atoms with Gasteiger partial charge in [0.1, 0.15) is 11.3 Å². The van der Waals surface area contributed by atoms with Gasteiger partial charge in [-0.1, -0.05) is 68.3 Å². The lowest BCUT2D eigenvalue weighted by molar-refractivity contribution is -0.124. The third kappa shape index (κ3) is 5.12. The Kier molecular flexibility index (Phi) is 6.65. The predicted molar refractivity (Wildman–Crippen MR) is 101 cm³/mol. The average Bonchev–Trinajstić information content (AvgIpc) is 2.66. The van der Waals surface area contributed by atoms with Crippen LogP contribution in [0.5, 0.6) is 5.75 Å². The maximum atomic E-state index is 12.2. The van der Waals surface area contributed by atoms with Crippen molar-refractivity contribution in [2.45, 2.75) is 38.6 Å². The normalized spacial score (nSPS) is 10.8. The second-order valence-electron chi connectivity index (χ2n) is 6.04. The molecule has 1 N–H and O–H groups in total. The van der Waals surface area contributed by atoms with Crippen molar-refractivity contribution < 1.29 is 9.53 Å². The smallest absolute Gasteiger partial charge is 0.259 e. The summed E-state index contributed by atoms with van der Waals surface area (Å²) >= 11 is 0. The molecule has 0 aliphatic carbocycles. The molecule has 2 rings (SSSR count). The summed E-state index contributed by atoms with van der Waals surface area (Å²) in [7, 11) is 0. The van der Waals surface area contributed by atoms with Gasteiger partial charge in [0, 0.05) is 6.42 Å². The number of nitrogens with one attached hydrogen (secondary N) is 1. The summed E-state index contributed by atoms with van der Waals surface area (Å²) in [6.45, 7) is 3.90. The fourth-order valence-electron chi connectivity index (χ4n) is 2.72. The molecule has 0 saturated heterocycles. The molecule has 0 spiro atoms. The van der Waals surface area contributed by atoms with E-state index in [-0.39, 0.29) is 12.5 Å². The molecule has 2 aromatic carbocycles. The minimum atomic E-state index is -0.593. The molecule has 1 amide bonds. The van der Waals surface area contributed by atoms with Gasteiger partial charge >= 0.3 is 0 Å². The van der Waals surface area contributed by atoms with E-state index in [2.05, 4.69) is 23.4 Å². The molecule has 2 aromatic rings. The second kappa shape index (κ2) is 8.94. The van der Waals surface area contributed by atoms with Crippen LogP contribution in [-0.4, -0.2) is 18.1 Å². The fraction of sp³-hybridized carbons (Fsp3) is 0.318. The number of terminal acetylenes is 1. The van der Waals surface area contributed by atoms with E-state index in [1.165, 1.54) is 5.56 Å². The summed E-state index contributed by atoms with van der Waals surface area (Å²) in [6.07, 6.45) is 7.73. The van der Waals surface area contributed by atoms with E-state index in [1.54, 1.807) is 0 Å².